The Hall–Kier alpha value is -0.470. The fourth-order valence-electron chi connectivity index (χ4n) is 1.54. The second-order valence-corrected chi connectivity index (χ2v) is 5.24. The monoisotopic (exact) mass is 272 g/mol. The van der Waals surface area contributed by atoms with Gasteiger partial charge in [-0.3, -0.25) is 0 Å². The first-order valence-electron chi connectivity index (χ1n) is 4.48. The number of halogens is 2. The summed E-state index contributed by atoms with van der Waals surface area (Å²) in [5.41, 5.74) is 1.95. The minimum Gasteiger partial charge on any atom is -0.444 e. The second kappa shape index (κ2) is 3.95. The van der Waals surface area contributed by atoms with E-state index in [1.54, 1.807) is 0 Å². The van der Waals surface area contributed by atoms with Gasteiger partial charge in [0.05, 0.1) is 0 Å². The lowest BCUT2D eigenvalue weighted by Crippen LogP contribution is -1.95. The minimum atomic E-state index is 0.404. The smallest absolute Gasteiger partial charge is 0.197 e. The third-order valence-corrected chi connectivity index (χ3v) is 2.76. The number of para-hydroxylation sites is 1. The summed E-state index contributed by atoms with van der Waals surface area (Å²) >= 11 is 9.54. The molecule has 0 amide bonds. The molecule has 14 heavy (non-hydrogen) atoms. The van der Waals surface area contributed by atoms with Gasteiger partial charge < -0.3 is 4.42 Å². The molecule has 0 saturated carbocycles. The van der Waals surface area contributed by atoms with Crippen LogP contribution < -0.4 is 0 Å². The van der Waals surface area contributed by atoms with Crippen molar-refractivity contribution < 1.29 is 4.42 Å². The Morgan fingerprint density at radius 3 is 2.86 bits per heavy atom. The average Bonchev–Trinajstić information content (AvgIpc) is 2.43. The first kappa shape index (κ1) is 10.1. The highest BCUT2D eigenvalue weighted by atomic mass is 79.9. The Morgan fingerprint density at radius 1 is 1.43 bits per heavy atom. The maximum absolute atomic E-state index is 6.02. The summed E-state index contributed by atoms with van der Waals surface area (Å²) in [7, 11) is 0. The van der Waals surface area contributed by atoms with Gasteiger partial charge in [0, 0.05) is 15.8 Å². The van der Waals surface area contributed by atoms with Crippen LogP contribution in [0.4, 0.5) is 0 Å². The summed E-state index contributed by atoms with van der Waals surface area (Å²) in [4.78, 5) is 0.404. The molecule has 1 nitrogen and oxygen atoms in total. The minimum absolute atomic E-state index is 0.404. The van der Waals surface area contributed by atoms with Crippen molar-refractivity contribution in [3.8, 4) is 0 Å². The lowest BCUT2D eigenvalue weighted by molar-refractivity contribution is 0.612. The van der Waals surface area contributed by atoms with Crippen LogP contribution in [0, 0.1) is 0 Å². The lowest BCUT2D eigenvalue weighted by atomic mass is 10.1. The van der Waals surface area contributed by atoms with Crippen LogP contribution in [-0.4, -0.2) is 4.83 Å². The van der Waals surface area contributed by atoms with Crippen molar-refractivity contribution in [3.05, 3.63) is 35.0 Å². The lowest BCUT2D eigenvalue weighted by Gasteiger charge is -2.00. The van der Waals surface area contributed by atoms with Crippen LogP contribution in [0.15, 0.2) is 28.7 Å². The molecule has 74 valence electrons. The molecular formula is C11H10BrClO. The highest BCUT2D eigenvalue weighted by Crippen LogP contribution is 2.31. The Bertz CT molecular complexity index is 447. The van der Waals surface area contributed by atoms with E-state index in [4.69, 9.17) is 16.0 Å². The van der Waals surface area contributed by atoms with Gasteiger partial charge in [-0.25, -0.2) is 0 Å². The normalized spacial score (nSPS) is 13.4. The van der Waals surface area contributed by atoms with Gasteiger partial charge in [-0.15, -0.1) is 0 Å². The van der Waals surface area contributed by atoms with E-state index in [0.29, 0.717) is 10.0 Å². The van der Waals surface area contributed by atoms with Crippen LogP contribution in [0.2, 0.25) is 5.22 Å². The zero-order valence-electron chi connectivity index (χ0n) is 7.76. The van der Waals surface area contributed by atoms with E-state index < -0.39 is 0 Å². The number of rotatable bonds is 2. The first-order valence-corrected chi connectivity index (χ1v) is 5.78. The molecule has 0 bridgehead atoms. The topological polar surface area (TPSA) is 13.1 Å². The largest absolute Gasteiger partial charge is 0.444 e. The average molecular weight is 274 g/mol. The Morgan fingerprint density at radius 2 is 2.14 bits per heavy atom. The summed E-state index contributed by atoms with van der Waals surface area (Å²) in [6, 6.07) is 7.92. The molecule has 1 aromatic heterocycles. The predicted octanol–water partition coefficient (Wildman–Crippen LogP) is 4.41. The van der Waals surface area contributed by atoms with Crippen molar-refractivity contribution >= 4 is 38.5 Å². The molecule has 2 rings (SSSR count). The SMILES string of the molecule is CC(Br)Cc1c(Cl)oc2ccccc12. The first-order chi connectivity index (χ1) is 6.68. The summed E-state index contributed by atoms with van der Waals surface area (Å²) in [6.45, 7) is 2.10. The predicted molar refractivity (Wildman–Crippen MR) is 63.3 cm³/mol. The van der Waals surface area contributed by atoms with E-state index in [9.17, 15) is 0 Å². The zero-order chi connectivity index (χ0) is 10.1. The molecule has 3 heteroatoms. The molecule has 1 aromatic carbocycles. The highest BCUT2D eigenvalue weighted by Gasteiger charge is 2.13. The van der Waals surface area contributed by atoms with Gasteiger partial charge in [0.15, 0.2) is 5.22 Å². The molecule has 0 saturated heterocycles. The number of fused-ring (bicyclic) bond motifs is 1. The third-order valence-electron chi connectivity index (χ3n) is 2.13. The zero-order valence-corrected chi connectivity index (χ0v) is 10.1. The Balaban J connectivity index is 2.56. The van der Waals surface area contributed by atoms with Gasteiger partial charge in [0.1, 0.15) is 5.58 Å². The molecule has 0 radical (unpaired) electrons. The van der Waals surface area contributed by atoms with Gasteiger partial charge in [0.25, 0.3) is 0 Å². The summed E-state index contributed by atoms with van der Waals surface area (Å²) in [6.07, 6.45) is 0.885. The number of furan rings is 1. The maximum Gasteiger partial charge on any atom is 0.197 e. The van der Waals surface area contributed by atoms with Crippen LogP contribution in [0.3, 0.4) is 0 Å². The molecule has 0 spiro atoms. The summed E-state index contributed by atoms with van der Waals surface area (Å²) in [5, 5.41) is 1.63. The fraction of sp³-hybridized carbons (Fsp3) is 0.273. The van der Waals surface area contributed by atoms with Crippen molar-refractivity contribution in [2.45, 2.75) is 18.2 Å². The number of hydrogen-bond donors (Lipinski definition) is 0. The molecule has 1 atom stereocenters. The fourth-order valence-corrected chi connectivity index (χ4v) is 2.13. The summed E-state index contributed by atoms with van der Waals surface area (Å²) in [5.74, 6) is 0. The van der Waals surface area contributed by atoms with Crippen LogP contribution in [0.5, 0.6) is 0 Å². The molecule has 0 fully saturated rings. The second-order valence-electron chi connectivity index (χ2n) is 3.34. The Labute approximate surface area is 96.2 Å². The Kier molecular flexibility index (Phi) is 2.84. The van der Waals surface area contributed by atoms with Crippen LogP contribution in [0.25, 0.3) is 11.0 Å². The van der Waals surface area contributed by atoms with E-state index in [1.807, 2.05) is 24.3 Å². The maximum atomic E-state index is 6.02. The molecule has 1 heterocycles. The molecule has 0 N–H and O–H groups in total. The van der Waals surface area contributed by atoms with Crippen molar-refractivity contribution in [2.24, 2.45) is 0 Å². The van der Waals surface area contributed by atoms with Crippen molar-refractivity contribution in [2.75, 3.05) is 0 Å². The molecule has 0 aliphatic rings. The number of alkyl halides is 1. The van der Waals surface area contributed by atoms with Crippen LogP contribution in [0.1, 0.15) is 12.5 Å². The number of hydrogen-bond acceptors (Lipinski definition) is 1. The standard InChI is InChI=1S/C11H10BrClO/c1-7(12)6-9-8-4-2-3-5-10(8)14-11(9)13/h2-5,7H,6H2,1H3. The van der Waals surface area contributed by atoms with Gasteiger partial charge in [-0.05, 0) is 24.1 Å². The van der Waals surface area contributed by atoms with E-state index in [1.165, 1.54) is 0 Å². The molecular weight excluding hydrogens is 263 g/mol. The van der Waals surface area contributed by atoms with Gasteiger partial charge in [-0.1, -0.05) is 41.1 Å². The highest BCUT2D eigenvalue weighted by molar-refractivity contribution is 9.09. The van der Waals surface area contributed by atoms with Crippen molar-refractivity contribution in [1.29, 1.82) is 0 Å². The van der Waals surface area contributed by atoms with Crippen molar-refractivity contribution in [3.63, 3.8) is 0 Å². The quantitative estimate of drug-likeness (QED) is 0.739. The van der Waals surface area contributed by atoms with E-state index in [2.05, 4.69) is 22.9 Å². The molecule has 1 unspecified atom stereocenters. The molecule has 0 aliphatic heterocycles. The van der Waals surface area contributed by atoms with Gasteiger partial charge in [-0.2, -0.15) is 0 Å². The third kappa shape index (κ3) is 1.82. The molecule has 2 aromatic rings. The van der Waals surface area contributed by atoms with E-state index in [-0.39, 0.29) is 0 Å². The van der Waals surface area contributed by atoms with Crippen LogP contribution in [-0.2, 0) is 6.42 Å². The van der Waals surface area contributed by atoms with Crippen molar-refractivity contribution in [1.82, 2.24) is 0 Å². The molecule has 0 aliphatic carbocycles. The van der Waals surface area contributed by atoms with Gasteiger partial charge in [0.2, 0.25) is 0 Å². The van der Waals surface area contributed by atoms with Crippen LogP contribution >= 0.6 is 27.5 Å². The van der Waals surface area contributed by atoms with E-state index in [0.717, 1.165) is 23.0 Å². The van der Waals surface area contributed by atoms with E-state index >= 15 is 0 Å². The van der Waals surface area contributed by atoms with Gasteiger partial charge >= 0.3 is 0 Å². The number of benzene rings is 1. The summed E-state index contributed by atoms with van der Waals surface area (Å²) < 4.78 is 5.44.